The molecule has 2 aromatic carbocycles. The van der Waals surface area contributed by atoms with E-state index in [9.17, 15) is 0 Å². The number of methoxy groups -OCH3 is 1. The topological polar surface area (TPSA) is 12.5 Å². The van der Waals surface area contributed by atoms with Gasteiger partial charge in [0.15, 0.2) is 0 Å². The van der Waals surface area contributed by atoms with Crippen molar-refractivity contribution >= 4 is 23.2 Å². The largest absolute Gasteiger partial charge is 0.497 e. The Morgan fingerprint density at radius 2 is 1.83 bits per heavy atom. The van der Waals surface area contributed by atoms with Crippen molar-refractivity contribution in [1.29, 1.82) is 0 Å². The van der Waals surface area contributed by atoms with Crippen molar-refractivity contribution in [2.75, 3.05) is 7.11 Å². The summed E-state index contributed by atoms with van der Waals surface area (Å²) in [4.78, 5) is 2.52. The molecular formula is C19H21Cl2NO. The summed E-state index contributed by atoms with van der Waals surface area (Å²) in [5.74, 6) is 0.939. The molecule has 1 heterocycles. The van der Waals surface area contributed by atoms with Crippen molar-refractivity contribution in [1.82, 2.24) is 4.90 Å². The molecule has 23 heavy (non-hydrogen) atoms. The second-order valence-corrected chi connectivity index (χ2v) is 6.99. The maximum Gasteiger partial charge on any atom is 0.119 e. The van der Waals surface area contributed by atoms with E-state index in [1.807, 2.05) is 18.2 Å². The number of benzene rings is 2. The van der Waals surface area contributed by atoms with Crippen LogP contribution in [0.4, 0.5) is 0 Å². The van der Waals surface area contributed by atoms with E-state index in [1.165, 1.54) is 16.7 Å². The van der Waals surface area contributed by atoms with Crippen molar-refractivity contribution in [3.05, 3.63) is 63.1 Å². The minimum Gasteiger partial charge on any atom is -0.497 e. The molecule has 3 rings (SSSR count). The van der Waals surface area contributed by atoms with E-state index < -0.39 is 0 Å². The van der Waals surface area contributed by atoms with Gasteiger partial charge in [0.2, 0.25) is 0 Å². The van der Waals surface area contributed by atoms with Gasteiger partial charge < -0.3 is 4.74 Å². The van der Waals surface area contributed by atoms with Crippen LogP contribution in [0.1, 0.15) is 30.0 Å². The molecule has 0 saturated heterocycles. The fraction of sp³-hybridized carbons (Fsp3) is 0.368. The zero-order chi connectivity index (χ0) is 16.4. The summed E-state index contributed by atoms with van der Waals surface area (Å²) in [7, 11) is 1.72. The molecule has 0 N–H and O–H groups in total. The maximum atomic E-state index is 6.09. The van der Waals surface area contributed by atoms with E-state index in [0.717, 1.165) is 31.7 Å². The van der Waals surface area contributed by atoms with Crippen LogP contribution in [0, 0.1) is 0 Å². The van der Waals surface area contributed by atoms with Gasteiger partial charge in [-0.05, 0) is 60.7 Å². The smallest absolute Gasteiger partial charge is 0.119 e. The number of hydrogen-bond donors (Lipinski definition) is 0. The average molecular weight is 350 g/mol. The Labute approximate surface area is 148 Å². The summed E-state index contributed by atoms with van der Waals surface area (Å²) >= 11 is 12.1. The quantitative estimate of drug-likeness (QED) is 0.722. The molecule has 1 unspecified atom stereocenters. The number of halogens is 2. The molecule has 122 valence electrons. The fourth-order valence-electron chi connectivity index (χ4n) is 3.09. The number of hydrogen-bond acceptors (Lipinski definition) is 2. The van der Waals surface area contributed by atoms with Crippen LogP contribution in [0.3, 0.4) is 0 Å². The highest BCUT2D eigenvalue weighted by Gasteiger charge is 2.23. The number of rotatable bonds is 5. The first kappa shape index (κ1) is 16.6. The van der Waals surface area contributed by atoms with Crippen molar-refractivity contribution < 1.29 is 4.74 Å². The van der Waals surface area contributed by atoms with E-state index in [1.54, 1.807) is 7.11 Å². The normalized spacial score (nSPS) is 15.5. The summed E-state index contributed by atoms with van der Waals surface area (Å²) in [5.41, 5.74) is 4.03. The molecule has 0 radical (unpaired) electrons. The Morgan fingerprint density at radius 3 is 2.57 bits per heavy atom. The summed E-state index contributed by atoms with van der Waals surface area (Å²) in [5, 5.41) is 1.25. The fourth-order valence-corrected chi connectivity index (χ4v) is 3.41. The van der Waals surface area contributed by atoms with Gasteiger partial charge in [-0.1, -0.05) is 35.3 Å². The third-order valence-electron chi connectivity index (χ3n) is 4.62. The van der Waals surface area contributed by atoms with Gasteiger partial charge in [-0.3, -0.25) is 4.90 Å². The lowest BCUT2D eigenvalue weighted by atomic mass is 10.1. The molecule has 1 aliphatic rings. The molecule has 0 bridgehead atoms. The van der Waals surface area contributed by atoms with Gasteiger partial charge in [0, 0.05) is 19.1 Å². The van der Waals surface area contributed by atoms with Crippen molar-refractivity contribution in [2.45, 2.75) is 38.9 Å². The standard InChI is InChI=1S/C19H21Cl2NO/c1-13(3-4-14-5-8-18(20)19(21)9-14)22-11-15-6-7-17(23-2)10-16(15)12-22/h5-10,13H,3-4,11-12H2,1-2H3. The molecule has 0 amide bonds. The van der Waals surface area contributed by atoms with Crippen molar-refractivity contribution in [3.63, 3.8) is 0 Å². The molecule has 2 nitrogen and oxygen atoms in total. The Kier molecular flexibility index (Phi) is 5.15. The minimum atomic E-state index is 0.517. The summed E-state index contributed by atoms with van der Waals surface area (Å²) in [6.45, 7) is 4.30. The van der Waals surface area contributed by atoms with E-state index in [2.05, 4.69) is 30.0 Å². The van der Waals surface area contributed by atoms with Crippen LogP contribution < -0.4 is 4.74 Å². The molecule has 0 saturated carbocycles. The highest BCUT2D eigenvalue weighted by Crippen LogP contribution is 2.29. The first-order valence-electron chi connectivity index (χ1n) is 7.90. The highest BCUT2D eigenvalue weighted by molar-refractivity contribution is 6.42. The molecule has 2 aromatic rings. The predicted octanol–water partition coefficient (Wildman–Crippen LogP) is 5.34. The lowest BCUT2D eigenvalue weighted by Crippen LogP contribution is -2.28. The van der Waals surface area contributed by atoms with Crippen LogP contribution in [0.15, 0.2) is 36.4 Å². The first-order valence-corrected chi connectivity index (χ1v) is 8.66. The van der Waals surface area contributed by atoms with Gasteiger partial charge >= 0.3 is 0 Å². The second kappa shape index (κ2) is 7.12. The Bertz CT molecular complexity index is 702. The van der Waals surface area contributed by atoms with Gasteiger partial charge in [-0.25, -0.2) is 0 Å². The SMILES string of the molecule is COc1ccc2c(c1)CN(C(C)CCc1ccc(Cl)c(Cl)c1)C2. The van der Waals surface area contributed by atoms with Gasteiger partial charge in [0.1, 0.15) is 5.75 Å². The van der Waals surface area contributed by atoms with Crippen LogP contribution in [0.25, 0.3) is 0 Å². The Balaban J connectivity index is 1.59. The molecule has 0 fully saturated rings. The van der Waals surface area contributed by atoms with Gasteiger partial charge in [-0.15, -0.1) is 0 Å². The molecule has 1 atom stereocenters. The van der Waals surface area contributed by atoms with Crippen LogP contribution in [0.2, 0.25) is 10.0 Å². The number of fused-ring (bicyclic) bond motifs is 1. The predicted molar refractivity (Wildman–Crippen MR) is 96.5 cm³/mol. The van der Waals surface area contributed by atoms with Gasteiger partial charge in [-0.2, -0.15) is 0 Å². The number of nitrogens with zero attached hydrogens (tertiary/aromatic N) is 1. The molecule has 1 aliphatic heterocycles. The third kappa shape index (κ3) is 3.82. The molecule has 0 aliphatic carbocycles. The second-order valence-electron chi connectivity index (χ2n) is 6.18. The highest BCUT2D eigenvalue weighted by atomic mass is 35.5. The number of aryl methyl sites for hydroxylation is 1. The maximum absolute atomic E-state index is 6.09. The van der Waals surface area contributed by atoms with Crippen LogP contribution >= 0.6 is 23.2 Å². The summed E-state index contributed by atoms with van der Waals surface area (Å²) in [6.07, 6.45) is 2.11. The Morgan fingerprint density at radius 1 is 1.04 bits per heavy atom. The Hall–Kier alpha value is -1.22. The van der Waals surface area contributed by atoms with E-state index >= 15 is 0 Å². The molecule has 4 heteroatoms. The lowest BCUT2D eigenvalue weighted by Gasteiger charge is -2.23. The zero-order valence-corrected chi connectivity index (χ0v) is 15.0. The molecule has 0 aromatic heterocycles. The van der Waals surface area contributed by atoms with E-state index in [-0.39, 0.29) is 0 Å². The van der Waals surface area contributed by atoms with Gasteiger partial charge in [0.25, 0.3) is 0 Å². The summed E-state index contributed by atoms with van der Waals surface area (Å²) in [6, 6.07) is 12.8. The van der Waals surface area contributed by atoms with E-state index in [0.29, 0.717) is 16.1 Å². The summed E-state index contributed by atoms with van der Waals surface area (Å²) < 4.78 is 5.32. The van der Waals surface area contributed by atoms with Crippen molar-refractivity contribution in [2.24, 2.45) is 0 Å². The molecule has 0 spiro atoms. The third-order valence-corrected chi connectivity index (χ3v) is 5.36. The first-order chi connectivity index (χ1) is 11.1. The van der Waals surface area contributed by atoms with Crippen molar-refractivity contribution in [3.8, 4) is 5.75 Å². The van der Waals surface area contributed by atoms with Crippen LogP contribution in [0.5, 0.6) is 5.75 Å². The monoisotopic (exact) mass is 349 g/mol. The minimum absolute atomic E-state index is 0.517. The number of ether oxygens (including phenoxy) is 1. The zero-order valence-electron chi connectivity index (χ0n) is 13.5. The average Bonchev–Trinajstić information content (AvgIpc) is 2.98. The van der Waals surface area contributed by atoms with E-state index in [4.69, 9.17) is 27.9 Å². The molecular weight excluding hydrogens is 329 g/mol. The lowest BCUT2D eigenvalue weighted by molar-refractivity contribution is 0.203. The van der Waals surface area contributed by atoms with Crippen LogP contribution in [-0.2, 0) is 19.5 Å². The van der Waals surface area contributed by atoms with Crippen LogP contribution in [-0.4, -0.2) is 18.1 Å². The van der Waals surface area contributed by atoms with Gasteiger partial charge in [0.05, 0.1) is 17.2 Å².